The molecule has 9 heteroatoms. The Labute approximate surface area is 332 Å². The van der Waals surface area contributed by atoms with Crippen LogP contribution >= 0.6 is 0 Å². The van der Waals surface area contributed by atoms with Gasteiger partial charge in [0.2, 0.25) is 0 Å². The summed E-state index contributed by atoms with van der Waals surface area (Å²) in [5, 5.41) is 12.8. The first-order valence-electron chi connectivity index (χ1n) is 18.2. The normalized spacial score (nSPS) is 10.8. The number of hydrogen-bond donors (Lipinski definition) is 1. The first-order valence-corrected chi connectivity index (χ1v) is 18.2. The molecule has 282 valence electrons. The van der Waals surface area contributed by atoms with E-state index in [1.807, 2.05) is 79.7 Å². The molecule has 0 radical (unpaired) electrons. The van der Waals surface area contributed by atoms with Crippen molar-refractivity contribution in [2.45, 2.75) is 6.92 Å². The summed E-state index contributed by atoms with van der Waals surface area (Å²) in [4.78, 5) is 52.6. The van der Waals surface area contributed by atoms with Gasteiger partial charge in [-0.25, -0.2) is 19.2 Å². The minimum absolute atomic E-state index is 0.0247. The van der Waals surface area contributed by atoms with Gasteiger partial charge in [-0.05, 0) is 126 Å². The highest BCUT2D eigenvalue weighted by molar-refractivity contribution is 6.11. The molecule has 0 aliphatic rings. The highest BCUT2D eigenvalue weighted by Gasteiger charge is 2.23. The fourth-order valence-corrected chi connectivity index (χ4v) is 6.44. The Morgan fingerprint density at radius 1 is 0.379 bits per heavy atom. The van der Waals surface area contributed by atoms with Gasteiger partial charge < -0.3 is 24.1 Å². The fraction of sp³-hybridized carbons (Fsp3) is 0.0204. The van der Waals surface area contributed by atoms with E-state index in [1.165, 1.54) is 72.8 Å². The van der Waals surface area contributed by atoms with Crippen molar-refractivity contribution >= 4 is 45.4 Å². The van der Waals surface area contributed by atoms with E-state index < -0.39 is 23.9 Å². The third-order valence-corrected chi connectivity index (χ3v) is 9.43. The summed E-state index contributed by atoms with van der Waals surface area (Å²) in [5.74, 6) is -1.50. The van der Waals surface area contributed by atoms with Gasteiger partial charge in [0.15, 0.2) is 0 Å². The summed E-state index contributed by atoms with van der Waals surface area (Å²) in [6.07, 6.45) is 0. The molecule has 58 heavy (non-hydrogen) atoms. The van der Waals surface area contributed by atoms with E-state index in [2.05, 4.69) is 0 Å². The molecule has 0 atom stereocenters. The second-order valence-electron chi connectivity index (χ2n) is 13.3. The Morgan fingerprint density at radius 3 is 1.14 bits per heavy atom. The van der Waals surface area contributed by atoms with Gasteiger partial charge in [-0.2, -0.15) is 0 Å². The fourth-order valence-electron chi connectivity index (χ4n) is 6.44. The number of hydrogen-bond acceptors (Lipinski definition) is 9. The molecule has 0 saturated carbocycles. The molecule has 0 aliphatic heterocycles. The summed E-state index contributed by atoms with van der Waals surface area (Å²) in [7, 11) is 0. The molecular weight excluding hydrogens is 733 g/mol. The van der Waals surface area contributed by atoms with Gasteiger partial charge in [-0.15, -0.1) is 0 Å². The number of ether oxygens (including phenoxy) is 4. The highest BCUT2D eigenvalue weighted by atomic mass is 16.5. The van der Waals surface area contributed by atoms with Gasteiger partial charge in [0.05, 0.1) is 22.3 Å². The van der Waals surface area contributed by atoms with Crippen molar-refractivity contribution in [3.63, 3.8) is 0 Å². The van der Waals surface area contributed by atoms with Crippen LogP contribution in [0.4, 0.5) is 0 Å². The van der Waals surface area contributed by atoms with Crippen LogP contribution in [-0.4, -0.2) is 29.0 Å². The van der Waals surface area contributed by atoms with E-state index in [0.717, 1.165) is 27.1 Å². The number of benzene rings is 8. The van der Waals surface area contributed by atoms with Gasteiger partial charge in [0.25, 0.3) is 0 Å². The van der Waals surface area contributed by atoms with Gasteiger partial charge >= 0.3 is 23.9 Å². The minimum Gasteiger partial charge on any atom is -0.508 e. The van der Waals surface area contributed by atoms with Crippen LogP contribution in [0.25, 0.3) is 32.7 Å². The van der Waals surface area contributed by atoms with Crippen LogP contribution < -0.4 is 18.9 Å². The maximum absolute atomic E-state index is 13.8. The lowest BCUT2D eigenvalue weighted by Crippen LogP contribution is -2.12. The van der Waals surface area contributed by atoms with E-state index in [9.17, 15) is 24.3 Å². The van der Waals surface area contributed by atoms with Crippen LogP contribution in [0.1, 0.15) is 47.0 Å². The standard InChI is InChI=1S/C49H32O9/c1-30-10-12-33(13-11-30)48(53)57-42-28-20-31-6-2-4-8-40(31)44(42)45-41-9-5-3-7-32(41)21-29-43(45)58-49(54)36-18-26-39(27-19-36)56-47(52)35-16-24-38(25-17-35)55-46(51)34-14-22-37(50)23-15-34/h2-29,50H,1H3. The molecule has 8 aromatic rings. The maximum Gasteiger partial charge on any atom is 0.343 e. The molecule has 0 aromatic heterocycles. The lowest BCUT2D eigenvalue weighted by Gasteiger charge is -2.19. The Bertz CT molecular complexity index is 2840. The lowest BCUT2D eigenvalue weighted by molar-refractivity contribution is 0.0722. The first kappa shape index (κ1) is 36.9. The van der Waals surface area contributed by atoms with Crippen LogP contribution in [-0.2, 0) is 0 Å². The first-order chi connectivity index (χ1) is 28.2. The number of carbonyl (C=O) groups excluding carboxylic acids is 4. The van der Waals surface area contributed by atoms with Crippen LogP contribution in [0, 0.1) is 6.92 Å². The Morgan fingerprint density at radius 2 is 0.724 bits per heavy atom. The Kier molecular flexibility index (Phi) is 10.2. The number of fused-ring (bicyclic) bond motifs is 2. The van der Waals surface area contributed by atoms with Crippen molar-refractivity contribution in [3.8, 4) is 39.9 Å². The third-order valence-electron chi connectivity index (χ3n) is 9.43. The number of aromatic hydroxyl groups is 1. The number of aryl methyl sites for hydroxylation is 1. The summed E-state index contributed by atoms with van der Waals surface area (Å²) in [6, 6.07) is 47.2. The lowest BCUT2D eigenvalue weighted by atomic mass is 9.92. The molecule has 8 rings (SSSR count). The van der Waals surface area contributed by atoms with E-state index >= 15 is 0 Å². The largest absolute Gasteiger partial charge is 0.508 e. The smallest absolute Gasteiger partial charge is 0.343 e. The second kappa shape index (κ2) is 16.0. The predicted molar refractivity (Wildman–Crippen MR) is 219 cm³/mol. The van der Waals surface area contributed by atoms with E-state index in [0.29, 0.717) is 22.4 Å². The molecule has 0 amide bonds. The summed E-state index contributed by atoms with van der Waals surface area (Å²) in [6.45, 7) is 1.94. The summed E-state index contributed by atoms with van der Waals surface area (Å²) >= 11 is 0. The molecule has 0 bridgehead atoms. The summed E-state index contributed by atoms with van der Waals surface area (Å²) in [5.41, 5.74) is 3.22. The van der Waals surface area contributed by atoms with Crippen molar-refractivity contribution in [1.29, 1.82) is 0 Å². The van der Waals surface area contributed by atoms with Gasteiger partial charge in [-0.3, -0.25) is 0 Å². The zero-order valence-corrected chi connectivity index (χ0v) is 30.9. The molecule has 0 heterocycles. The molecule has 0 saturated heterocycles. The molecule has 0 aliphatic carbocycles. The Hall–Kier alpha value is -8.04. The molecule has 8 aromatic carbocycles. The average molecular weight is 765 g/mol. The molecule has 1 N–H and O–H groups in total. The van der Waals surface area contributed by atoms with Crippen molar-refractivity contribution in [2.24, 2.45) is 0 Å². The van der Waals surface area contributed by atoms with Crippen LogP contribution in [0.15, 0.2) is 170 Å². The summed E-state index contributed by atoms with van der Waals surface area (Å²) < 4.78 is 23.1. The molecule has 0 unspecified atom stereocenters. The number of carbonyl (C=O) groups is 4. The topological polar surface area (TPSA) is 125 Å². The van der Waals surface area contributed by atoms with Crippen molar-refractivity contribution < 1.29 is 43.2 Å². The van der Waals surface area contributed by atoms with Gasteiger partial charge in [0.1, 0.15) is 28.7 Å². The quantitative estimate of drug-likeness (QED) is 0.113. The van der Waals surface area contributed by atoms with Crippen molar-refractivity contribution in [3.05, 3.63) is 198 Å². The molecule has 9 nitrogen and oxygen atoms in total. The SMILES string of the molecule is Cc1ccc(C(=O)Oc2ccc3ccccc3c2-c2c(OC(=O)c3ccc(OC(=O)c4ccc(OC(=O)c5ccc(O)cc5)cc4)cc3)ccc3ccccc23)cc1. The van der Waals surface area contributed by atoms with Crippen molar-refractivity contribution in [2.75, 3.05) is 0 Å². The van der Waals surface area contributed by atoms with Gasteiger partial charge in [-0.1, -0.05) is 78.4 Å². The van der Waals surface area contributed by atoms with Gasteiger partial charge in [0, 0.05) is 11.1 Å². The zero-order valence-electron chi connectivity index (χ0n) is 30.9. The maximum atomic E-state index is 13.8. The Balaban J connectivity index is 1.03. The minimum atomic E-state index is -0.665. The predicted octanol–water partition coefficient (Wildman–Crippen LogP) is 10.6. The number of esters is 4. The van der Waals surface area contributed by atoms with Crippen LogP contribution in [0.2, 0.25) is 0 Å². The van der Waals surface area contributed by atoms with E-state index in [4.69, 9.17) is 18.9 Å². The van der Waals surface area contributed by atoms with Crippen LogP contribution in [0.5, 0.6) is 28.7 Å². The van der Waals surface area contributed by atoms with Crippen LogP contribution in [0.3, 0.4) is 0 Å². The molecule has 0 fully saturated rings. The van der Waals surface area contributed by atoms with Crippen molar-refractivity contribution in [1.82, 2.24) is 0 Å². The highest BCUT2D eigenvalue weighted by Crippen LogP contribution is 2.46. The molecule has 0 spiro atoms. The number of rotatable bonds is 9. The average Bonchev–Trinajstić information content (AvgIpc) is 3.24. The second-order valence-corrected chi connectivity index (χ2v) is 13.3. The number of phenols is 1. The molecular formula is C49H32O9. The van der Waals surface area contributed by atoms with E-state index in [1.54, 1.807) is 24.3 Å². The number of phenolic OH excluding ortho intramolecular Hbond substituents is 1. The monoisotopic (exact) mass is 764 g/mol. The third kappa shape index (κ3) is 7.87. The zero-order chi connectivity index (χ0) is 40.2. The van der Waals surface area contributed by atoms with E-state index in [-0.39, 0.29) is 39.7 Å².